The summed E-state index contributed by atoms with van der Waals surface area (Å²) in [5.41, 5.74) is 11.1. The fraction of sp³-hybridized carbons (Fsp3) is 0.828. The van der Waals surface area contributed by atoms with E-state index in [1.165, 1.54) is 100 Å². The zero-order chi connectivity index (χ0) is 24.6. The van der Waals surface area contributed by atoms with Gasteiger partial charge in [-0.15, -0.1) is 6.92 Å². The van der Waals surface area contributed by atoms with Crippen molar-refractivity contribution in [2.24, 2.45) is 5.92 Å². The molecule has 1 aliphatic rings. The Hall–Kier alpha value is -0.119. The molecule has 1 rings (SSSR count). The molecule has 0 aliphatic heterocycles. The maximum Gasteiger partial charge on any atom is 2.00 e. The van der Waals surface area contributed by atoms with Crippen molar-refractivity contribution < 1.29 is 26.5 Å². The Morgan fingerprint density at radius 1 is 0.788 bits per heavy atom. The van der Waals surface area contributed by atoms with E-state index >= 15 is 0 Å². The van der Waals surface area contributed by atoms with Crippen molar-refractivity contribution in [2.75, 3.05) is 0 Å². The van der Waals surface area contributed by atoms with Gasteiger partial charge in [-0.3, -0.25) is 6.08 Å². The molecule has 1 radical (unpaired) electrons. The van der Waals surface area contributed by atoms with Crippen LogP contribution in [0.3, 0.4) is 0 Å². The molecule has 0 heterocycles. The monoisotopic (exact) mass is 510 g/mol. The largest absolute Gasteiger partial charge is 2.00 e. The number of hydrogen-bond donors (Lipinski definition) is 0. The zero-order valence-electron chi connectivity index (χ0n) is 23.4. The quantitative estimate of drug-likeness (QED) is 0.116. The second kappa shape index (κ2) is 28.1. The third-order valence-corrected chi connectivity index (χ3v) is 6.24. The van der Waals surface area contributed by atoms with Gasteiger partial charge in [-0.25, -0.2) is 5.57 Å². The number of carbonyl (C=O) groups excluding carboxylic acids is 1. The summed E-state index contributed by atoms with van der Waals surface area (Å²) in [7, 11) is 0.750. The minimum Gasteiger partial charge on any atom is -0.668 e. The third kappa shape index (κ3) is 26.3. The van der Waals surface area contributed by atoms with Gasteiger partial charge in [-0.2, -0.15) is 11.1 Å². The molecule has 1 N–H and O–H groups in total. The van der Waals surface area contributed by atoms with Crippen LogP contribution < -0.4 is 0 Å². The number of hydrogen-bond acceptors (Lipinski definition) is 1. The zero-order valence-corrected chi connectivity index (χ0v) is 26.1. The van der Waals surface area contributed by atoms with Crippen LogP contribution in [0.4, 0.5) is 0 Å². The number of amides is 1. The maximum absolute atomic E-state index is 10.4. The van der Waals surface area contributed by atoms with Crippen molar-refractivity contribution in [3.8, 4) is 0 Å². The Morgan fingerprint density at radius 3 is 1.33 bits per heavy atom. The Kier molecular flexibility index (Phi) is 31.9. The van der Waals surface area contributed by atoms with Gasteiger partial charge >= 0.3 is 21.7 Å². The predicted octanol–water partition coefficient (Wildman–Crippen LogP) is 10.1. The van der Waals surface area contributed by atoms with Crippen molar-refractivity contribution in [2.45, 2.75) is 150 Å². The van der Waals surface area contributed by atoms with Gasteiger partial charge in [0, 0.05) is 15.4 Å². The standard InChI is InChI=1S/C18H37NO.C9H13.C2H7Si.Ti/c1-2-3-4-5-6-7-8-9-10-11-12-13-14-15-16-17-18(19)20;1-6-5-7(2)9(4)8(6)3;1-3-2;/h2-17H2,1H3,(H2,19,20);6H,1-4H3;3H,1-2H3;/q;-1;;+2/p-1. The summed E-state index contributed by atoms with van der Waals surface area (Å²) in [4.78, 5) is 10.4. The first-order chi connectivity index (χ1) is 15.3. The van der Waals surface area contributed by atoms with E-state index in [9.17, 15) is 4.79 Å². The summed E-state index contributed by atoms with van der Waals surface area (Å²) in [6.45, 7) is 15.4. The molecule has 0 aromatic rings. The van der Waals surface area contributed by atoms with Gasteiger partial charge in [0.15, 0.2) is 0 Å². The molecule has 1 aliphatic carbocycles. The Labute approximate surface area is 226 Å². The second-order valence-corrected chi connectivity index (χ2v) is 10.7. The average molecular weight is 511 g/mol. The molecule has 0 spiro atoms. The molecular weight excluding hydrogens is 454 g/mol. The fourth-order valence-corrected chi connectivity index (χ4v) is 3.82. The van der Waals surface area contributed by atoms with Crippen molar-refractivity contribution in [3.05, 3.63) is 28.5 Å². The molecule has 0 saturated heterocycles. The van der Waals surface area contributed by atoms with E-state index in [2.05, 4.69) is 53.8 Å². The molecule has 1 atom stereocenters. The number of unbranched alkanes of at least 4 members (excludes halogenated alkanes) is 14. The first-order valence-corrected chi connectivity index (χ1v) is 15.9. The average Bonchev–Trinajstić information content (AvgIpc) is 2.97. The van der Waals surface area contributed by atoms with E-state index in [4.69, 9.17) is 5.73 Å². The van der Waals surface area contributed by atoms with Crippen LogP contribution in [0.25, 0.3) is 5.73 Å². The molecule has 2 nitrogen and oxygen atoms in total. The summed E-state index contributed by atoms with van der Waals surface area (Å²) in [6, 6.07) is 0. The van der Waals surface area contributed by atoms with E-state index in [-0.39, 0.29) is 21.7 Å². The molecule has 33 heavy (non-hydrogen) atoms. The maximum atomic E-state index is 10.4. The van der Waals surface area contributed by atoms with Crippen molar-refractivity contribution >= 4 is 15.4 Å². The van der Waals surface area contributed by atoms with Crippen LogP contribution in [0.5, 0.6) is 0 Å². The van der Waals surface area contributed by atoms with Gasteiger partial charge in [-0.1, -0.05) is 137 Å². The molecule has 191 valence electrons. The third-order valence-electron chi connectivity index (χ3n) is 6.24. The van der Waals surface area contributed by atoms with E-state index in [0.717, 1.165) is 22.4 Å². The van der Waals surface area contributed by atoms with Crippen LogP contribution in [-0.2, 0) is 26.5 Å². The molecule has 0 aromatic carbocycles. The summed E-state index contributed by atoms with van der Waals surface area (Å²) in [6.07, 6.45) is 23.9. The van der Waals surface area contributed by atoms with E-state index in [1.54, 1.807) is 0 Å². The number of carbonyl (C=O) groups is 1. The predicted molar refractivity (Wildman–Crippen MR) is 148 cm³/mol. The molecule has 0 fully saturated rings. The van der Waals surface area contributed by atoms with Gasteiger partial charge < -0.3 is 10.5 Å². The smallest absolute Gasteiger partial charge is 0.668 e. The number of rotatable bonds is 16. The van der Waals surface area contributed by atoms with Crippen LogP contribution >= 0.6 is 0 Å². The minimum absolute atomic E-state index is 0. The normalized spacial score (nSPS) is 14.5. The van der Waals surface area contributed by atoms with Gasteiger partial charge in [0.1, 0.15) is 0 Å². The van der Waals surface area contributed by atoms with Crippen LogP contribution in [-0.4, -0.2) is 15.4 Å². The SMILES string of the molecule is CC1=[C-]C(C)C(C)=C1C.CCCCCCCCCCCCCCCCCC([NH-])=O.C[SiH]C.[Ti+2]. The summed E-state index contributed by atoms with van der Waals surface area (Å²) >= 11 is 0. The first-order valence-electron chi connectivity index (χ1n) is 13.6. The van der Waals surface area contributed by atoms with Gasteiger partial charge in [0.2, 0.25) is 0 Å². The molecule has 1 unspecified atom stereocenters. The summed E-state index contributed by atoms with van der Waals surface area (Å²) in [5, 5.41) is 0. The Morgan fingerprint density at radius 2 is 1.12 bits per heavy atom. The van der Waals surface area contributed by atoms with Gasteiger partial charge in [0.05, 0.1) is 0 Å². The Balaban J connectivity index is -0.000000571. The molecule has 4 heteroatoms. The van der Waals surface area contributed by atoms with E-state index < -0.39 is 5.91 Å². The molecule has 0 aromatic heterocycles. The van der Waals surface area contributed by atoms with E-state index in [1.807, 2.05) is 0 Å². The van der Waals surface area contributed by atoms with Crippen molar-refractivity contribution in [3.63, 3.8) is 0 Å². The van der Waals surface area contributed by atoms with Crippen LogP contribution in [0.15, 0.2) is 16.7 Å². The fourth-order valence-electron chi connectivity index (χ4n) is 3.82. The van der Waals surface area contributed by atoms with Gasteiger partial charge in [-0.05, 0) is 12.8 Å². The van der Waals surface area contributed by atoms with Crippen molar-refractivity contribution in [1.29, 1.82) is 0 Å². The topological polar surface area (TPSA) is 40.9 Å². The van der Waals surface area contributed by atoms with Crippen molar-refractivity contribution in [1.82, 2.24) is 0 Å². The van der Waals surface area contributed by atoms with E-state index in [0.29, 0.717) is 12.3 Å². The molecule has 0 bridgehead atoms. The molecular formula is C29H56NOSiTi. The van der Waals surface area contributed by atoms with Crippen LogP contribution in [0.2, 0.25) is 13.1 Å². The minimum atomic E-state index is -0.403. The second-order valence-electron chi connectivity index (χ2n) is 9.50. The van der Waals surface area contributed by atoms with Crippen LogP contribution in [0, 0.1) is 12.0 Å². The van der Waals surface area contributed by atoms with Crippen LogP contribution in [0.1, 0.15) is 137 Å². The number of allylic oxidation sites excluding steroid dienone is 4. The first kappa shape index (κ1) is 37.4. The van der Waals surface area contributed by atoms with Gasteiger partial charge in [0.25, 0.3) is 0 Å². The molecule has 0 saturated carbocycles. The molecule has 1 amide bonds. The Bertz CT molecular complexity index is 502. The summed E-state index contributed by atoms with van der Waals surface area (Å²) < 4.78 is 0. The number of nitrogens with one attached hydrogen (secondary N) is 1. The summed E-state index contributed by atoms with van der Waals surface area (Å²) in [5.74, 6) is 0.157.